The summed E-state index contributed by atoms with van der Waals surface area (Å²) in [5.41, 5.74) is 1.17. The Morgan fingerprint density at radius 1 is 1.36 bits per heavy atom. The number of likely N-dealkylation sites (tertiary alicyclic amines) is 1. The Hall–Kier alpha value is -2.93. The topological polar surface area (TPSA) is 84.2 Å². The molecule has 1 fully saturated rings. The fourth-order valence-corrected chi connectivity index (χ4v) is 3.17. The number of hydrogen-bond acceptors (Lipinski definition) is 5. The number of methoxy groups -OCH3 is 1. The van der Waals surface area contributed by atoms with Gasteiger partial charge in [-0.3, -0.25) is 4.79 Å². The van der Waals surface area contributed by atoms with Crippen molar-refractivity contribution < 1.29 is 14.1 Å². The standard InChI is InChI=1S/C18H18N4O3/c1-24-13-9-15(17-19-7-8-20-17)22(11-13)18(23)14-10-16(25-21-14)12-5-3-2-4-6-12/h2-8,10,13,15H,9,11H2,1H3,(H,19,20)/t13-,15?/m1/s1. The molecule has 1 N–H and O–H groups in total. The monoisotopic (exact) mass is 338 g/mol. The first-order valence-electron chi connectivity index (χ1n) is 8.11. The number of benzene rings is 1. The molecule has 1 amide bonds. The smallest absolute Gasteiger partial charge is 0.276 e. The van der Waals surface area contributed by atoms with E-state index in [-0.39, 0.29) is 23.7 Å². The predicted molar refractivity (Wildman–Crippen MR) is 89.7 cm³/mol. The van der Waals surface area contributed by atoms with Crippen molar-refractivity contribution in [2.24, 2.45) is 0 Å². The highest BCUT2D eigenvalue weighted by Crippen LogP contribution is 2.33. The van der Waals surface area contributed by atoms with Crippen LogP contribution >= 0.6 is 0 Å². The van der Waals surface area contributed by atoms with Gasteiger partial charge in [-0.25, -0.2) is 4.98 Å². The Labute approximate surface area is 144 Å². The van der Waals surface area contributed by atoms with Crippen molar-refractivity contribution >= 4 is 5.91 Å². The van der Waals surface area contributed by atoms with E-state index in [1.54, 1.807) is 30.5 Å². The summed E-state index contributed by atoms with van der Waals surface area (Å²) in [6.07, 6.45) is 4.10. The highest BCUT2D eigenvalue weighted by Gasteiger charge is 2.39. The molecule has 0 radical (unpaired) electrons. The molecule has 0 spiro atoms. The number of aromatic nitrogens is 3. The molecule has 128 valence electrons. The van der Waals surface area contributed by atoms with Crippen LogP contribution in [0, 0.1) is 0 Å². The molecule has 4 rings (SSSR count). The molecule has 0 saturated carbocycles. The van der Waals surface area contributed by atoms with Gasteiger partial charge in [-0.05, 0) is 0 Å². The summed E-state index contributed by atoms with van der Waals surface area (Å²) >= 11 is 0. The number of hydrogen-bond donors (Lipinski definition) is 1. The van der Waals surface area contributed by atoms with Crippen molar-refractivity contribution in [3.8, 4) is 11.3 Å². The number of ether oxygens (including phenoxy) is 1. The average molecular weight is 338 g/mol. The summed E-state index contributed by atoms with van der Waals surface area (Å²) in [6.45, 7) is 0.494. The summed E-state index contributed by atoms with van der Waals surface area (Å²) in [4.78, 5) is 22.1. The molecule has 1 aliphatic rings. The fraction of sp³-hybridized carbons (Fsp3) is 0.278. The van der Waals surface area contributed by atoms with Crippen molar-refractivity contribution in [2.75, 3.05) is 13.7 Å². The number of amides is 1. The van der Waals surface area contributed by atoms with E-state index >= 15 is 0 Å². The van der Waals surface area contributed by atoms with Crippen LogP contribution in [-0.2, 0) is 4.74 Å². The minimum atomic E-state index is -0.188. The van der Waals surface area contributed by atoms with Crippen LogP contribution in [0.25, 0.3) is 11.3 Å². The van der Waals surface area contributed by atoms with Crippen molar-refractivity contribution in [1.82, 2.24) is 20.0 Å². The molecule has 7 nitrogen and oxygen atoms in total. The zero-order chi connectivity index (χ0) is 17.2. The first-order chi connectivity index (χ1) is 12.3. The minimum absolute atomic E-state index is 0.0282. The molecule has 1 aliphatic heterocycles. The first-order valence-corrected chi connectivity index (χ1v) is 8.11. The van der Waals surface area contributed by atoms with E-state index < -0.39 is 0 Å². The summed E-state index contributed by atoms with van der Waals surface area (Å²) in [5, 5.41) is 3.97. The second kappa shape index (κ2) is 6.52. The molecule has 2 aromatic heterocycles. The van der Waals surface area contributed by atoms with Crippen molar-refractivity contribution in [3.63, 3.8) is 0 Å². The minimum Gasteiger partial charge on any atom is -0.380 e. The molecule has 2 atom stereocenters. The number of rotatable bonds is 4. The number of carbonyl (C=O) groups excluding carboxylic acids is 1. The fourth-order valence-electron chi connectivity index (χ4n) is 3.17. The number of imidazole rings is 1. The van der Waals surface area contributed by atoms with E-state index in [0.717, 1.165) is 11.4 Å². The van der Waals surface area contributed by atoms with Gasteiger partial charge in [0.2, 0.25) is 0 Å². The number of H-pyrrole nitrogens is 1. The van der Waals surface area contributed by atoms with Gasteiger partial charge in [-0.15, -0.1) is 0 Å². The molecule has 3 heterocycles. The molecule has 1 saturated heterocycles. The van der Waals surface area contributed by atoms with E-state index in [1.165, 1.54) is 0 Å². The van der Waals surface area contributed by atoms with Crippen LogP contribution in [0.1, 0.15) is 28.8 Å². The summed E-state index contributed by atoms with van der Waals surface area (Å²) in [6, 6.07) is 11.1. The van der Waals surface area contributed by atoms with E-state index in [1.807, 2.05) is 30.3 Å². The third-order valence-corrected chi connectivity index (χ3v) is 4.48. The van der Waals surface area contributed by atoms with E-state index in [9.17, 15) is 4.79 Å². The number of carbonyl (C=O) groups is 1. The number of nitrogens with zero attached hydrogens (tertiary/aromatic N) is 3. The quantitative estimate of drug-likeness (QED) is 0.790. The Morgan fingerprint density at radius 2 is 2.20 bits per heavy atom. The Balaban J connectivity index is 1.60. The highest BCUT2D eigenvalue weighted by molar-refractivity contribution is 5.93. The largest absolute Gasteiger partial charge is 0.380 e. The number of aromatic amines is 1. The Bertz CT molecular complexity index is 844. The van der Waals surface area contributed by atoms with Crippen molar-refractivity contribution in [1.29, 1.82) is 0 Å². The number of nitrogens with one attached hydrogen (secondary N) is 1. The van der Waals surface area contributed by atoms with Gasteiger partial charge >= 0.3 is 0 Å². The maximum absolute atomic E-state index is 13.0. The predicted octanol–water partition coefficient (Wildman–Crippen LogP) is 2.67. The van der Waals surface area contributed by atoms with E-state index in [4.69, 9.17) is 9.26 Å². The second-order valence-electron chi connectivity index (χ2n) is 5.98. The Kier molecular flexibility index (Phi) is 4.07. The van der Waals surface area contributed by atoms with Gasteiger partial charge in [0.05, 0.1) is 12.1 Å². The van der Waals surface area contributed by atoms with Crippen LogP contribution in [0.5, 0.6) is 0 Å². The molecule has 0 bridgehead atoms. The molecule has 0 aliphatic carbocycles. The molecular formula is C18H18N4O3. The third-order valence-electron chi connectivity index (χ3n) is 4.48. The lowest BCUT2D eigenvalue weighted by atomic mass is 10.1. The van der Waals surface area contributed by atoms with Gasteiger partial charge in [0.25, 0.3) is 5.91 Å². The van der Waals surface area contributed by atoms with Crippen molar-refractivity contribution in [2.45, 2.75) is 18.6 Å². The van der Waals surface area contributed by atoms with Gasteiger partial charge in [-0.2, -0.15) is 0 Å². The van der Waals surface area contributed by atoms with E-state index in [0.29, 0.717) is 18.7 Å². The van der Waals surface area contributed by atoms with Crippen LogP contribution in [0.3, 0.4) is 0 Å². The molecule has 7 heteroatoms. The lowest BCUT2D eigenvalue weighted by Crippen LogP contribution is -2.32. The third kappa shape index (κ3) is 2.94. The Morgan fingerprint density at radius 3 is 2.92 bits per heavy atom. The van der Waals surface area contributed by atoms with Crippen LogP contribution < -0.4 is 0 Å². The lowest BCUT2D eigenvalue weighted by Gasteiger charge is -2.21. The van der Waals surface area contributed by atoms with Gasteiger partial charge in [-0.1, -0.05) is 35.5 Å². The molecule has 3 aromatic rings. The molecule has 1 aromatic carbocycles. The molecule has 25 heavy (non-hydrogen) atoms. The molecule has 1 unspecified atom stereocenters. The SMILES string of the molecule is CO[C@@H]1CC(c2ncc[nH]2)N(C(=O)c2cc(-c3ccccc3)on2)C1. The summed E-state index contributed by atoms with van der Waals surface area (Å²) in [7, 11) is 1.65. The van der Waals surface area contributed by atoms with Gasteiger partial charge in [0.1, 0.15) is 5.82 Å². The van der Waals surface area contributed by atoms with Crippen molar-refractivity contribution in [3.05, 3.63) is 60.3 Å². The van der Waals surface area contributed by atoms with Crippen LogP contribution in [0.4, 0.5) is 0 Å². The van der Waals surface area contributed by atoms with Gasteiger partial charge in [0.15, 0.2) is 11.5 Å². The zero-order valence-corrected chi connectivity index (χ0v) is 13.8. The normalized spacial score (nSPS) is 20.1. The first kappa shape index (κ1) is 15.6. The highest BCUT2D eigenvalue weighted by atomic mass is 16.5. The van der Waals surface area contributed by atoms with Crippen LogP contribution in [0.2, 0.25) is 0 Å². The zero-order valence-electron chi connectivity index (χ0n) is 13.8. The summed E-state index contributed by atoms with van der Waals surface area (Å²) < 4.78 is 10.8. The lowest BCUT2D eigenvalue weighted by molar-refractivity contribution is 0.0675. The average Bonchev–Trinajstić information content (AvgIpc) is 3.41. The maximum atomic E-state index is 13.0. The van der Waals surface area contributed by atoms with E-state index in [2.05, 4.69) is 15.1 Å². The van der Waals surface area contributed by atoms with Crippen LogP contribution in [0.15, 0.2) is 53.3 Å². The second-order valence-corrected chi connectivity index (χ2v) is 5.98. The molecular weight excluding hydrogens is 320 g/mol. The van der Waals surface area contributed by atoms with Gasteiger partial charge in [0, 0.05) is 44.1 Å². The summed E-state index contributed by atoms with van der Waals surface area (Å²) in [5.74, 6) is 1.13. The van der Waals surface area contributed by atoms with Crippen LogP contribution in [-0.4, -0.2) is 45.7 Å². The van der Waals surface area contributed by atoms with Gasteiger partial charge < -0.3 is 19.1 Å². The maximum Gasteiger partial charge on any atom is 0.276 e.